The van der Waals surface area contributed by atoms with Crippen molar-refractivity contribution in [2.45, 2.75) is 25.3 Å². The highest BCUT2D eigenvalue weighted by molar-refractivity contribution is 7.80. The molecule has 1 aromatic rings. The van der Waals surface area contributed by atoms with Gasteiger partial charge in [0.1, 0.15) is 0 Å². The first-order chi connectivity index (χ1) is 15.7. The van der Waals surface area contributed by atoms with E-state index in [1.807, 2.05) is 12.3 Å². The molecule has 7 nitrogen and oxygen atoms in total. The number of pyridine rings is 1. The third kappa shape index (κ3) is 7.09. The van der Waals surface area contributed by atoms with Crippen molar-refractivity contribution in [1.29, 1.82) is 0 Å². The smallest absolute Gasteiger partial charge is 0.166 e. The van der Waals surface area contributed by atoms with E-state index >= 15 is 0 Å². The van der Waals surface area contributed by atoms with Crippen LogP contribution in [0, 0.1) is 11.8 Å². The molecule has 178 valence electrons. The van der Waals surface area contributed by atoms with E-state index in [1.165, 1.54) is 38.2 Å². The molecule has 1 aromatic heterocycles. The highest BCUT2D eigenvalue weighted by Gasteiger charge is 2.40. The number of nitrogens with one attached hydrogen (secondary N) is 2. The van der Waals surface area contributed by atoms with Gasteiger partial charge < -0.3 is 20.3 Å². The van der Waals surface area contributed by atoms with Crippen LogP contribution in [0.5, 0.6) is 0 Å². The quantitative estimate of drug-likeness (QED) is 0.503. The van der Waals surface area contributed by atoms with Crippen molar-refractivity contribution in [2.75, 3.05) is 79.2 Å². The SMILES string of the molecule is CN(CCc1ccccn1)C[C@@H]1CN2CC[C@H]1C[C@@H]2CNC(=S)NCCN1CCOCC1. The number of likely N-dealkylation sites (N-methyl/N-ethyl adjacent to an activating group) is 1. The Morgan fingerprint density at radius 2 is 2.12 bits per heavy atom. The van der Waals surface area contributed by atoms with Gasteiger partial charge in [0.15, 0.2) is 5.11 Å². The summed E-state index contributed by atoms with van der Waals surface area (Å²) in [5, 5.41) is 7.67. The van der Waals surface area contributed by atoms with Crippen LogP contribution < -0.4 is 10.6 Å². The average Bonchev–Trinajstić information content (AvgIpc) is 2.83. The van der Waals surface area contributed by atoms with Crippen LogP contribution in [0.1, 0.15) is 18.5 Å². The van der Waals surface area contributed by atoms with Gasteiger partial charge in [-0.1, -0.05) is 6.07 Å². The fourth-order valence-corrected chi connectivity index (χ4v) is 5.62. The Hall–Kier alpha value is -1.32. The number of aromatic nitrogens is 1. The maximum Gasteiger partial charge on any atom is 0.166 e. The predicted octanol–water partition coefficient (Wildman–Crippen LogP) is 1.06. The molecular weight excluding hydrogens is 420 g/mol. The lowest BCUT2D eigenvalue weighted by Gasteiger charge is -2.50. The first-order valence-corrected chi connectivity index (χ1v) is 12.7. The zero-order valence-corrected chi connectivity index (χ0v) is 20.4. The minimum atomic E-state index is 0.614. The second kappa shape index (κ2) is 12.2. The Kier molecular flexibility index (Phi) is 9.11. The Labute approximate surface area is 198 Å². The summed E-state index contributed by atoms with van der Waals surface area (Å²) in [7, 11) is 2.26. The van der Waals surface area contributed by atoms with Crippen LogP contribution in [0.25, 0.3) is 0 Å². The zero-order chi connectivity index (χ0) is 22.2. The van der Waals surface area contributed by atoms with Gasteiger partial charge in [-0.3, -0.25) is 14.8 Å². The third-order valence-corrected chi connectivity index (χ3v) is 7.64. The molecule has 4 fully saturated rings. The summed E-state index contributed by atoms with van der Waals surface area (Å²) in [6.45, 7) is 11.4. The molecule has 0 radical (unpaired) electrons. The maximum atomic E-state index is 5.53. The van der Waals surface area contributed by atoms with Crippen molar-refractivity contribution in [1.82, 2.24) is 30.3 Å². The van der Waals surface area contributed by atoms with Crippen LogP contribution in [0.2, 0.25) is 0 Å². The Balaban J connectivity index is 1.12. The van der Waals surface area contributed by atoms with Crippen LogP contribution in [-0.2, 0) is 11.2 Å². The normalized spacial score (nSPS) is 28.1. The molecule has 4 aliphatic heterocycles. The minimum Gasteiger partial charge on any atom is -0.379 e. The predicted molar refractivity (Wildman–Crippen MR) is 133 cm³/mol. The van der Waals surface area contributed by atoms with Crippen LogP contribution >= 0.6 is 12.2 Å². The van der Waals surface area contributed by atoms with Crippen LogP contribution in [0.4, 0.5) is 0 Å². The fraction of sp³-hybridized carbons (Fsp3) is 0.750. The molecule has 4 aliphatic rings. The molecule has 32 heavy (non-hydrogen) atoms. The van der Waals surface area contributed by atoms with Crippen LogP contribution in [0.15, 0.2) is 24.4 Å². The van der Waals surface area contributed by atoms with Gasteiger partial charge in [0.05, 0.1) is 13.2 Å². The molecule has 5 heterocycles. The summed E-state index contributed by atoms with van der Waals surface area (Å²) in [6.07, 6.45) is 5.56. The topological polar surface area (TPSA) is 55.9 Å². The van der Waals surface area contributed by atoms with Gasteiger partial charge in [-0.05, 0) is 62.6 Å². The van der Waals surface area contributed by atoms with Crippen molar-refractivity contribution < 1.29 is 4.74 Å². The molecule has 0 spiro atoms. The van der Waals surface area contributed by atoms with E-state index in [1.54, 1.807) is 0 Å². The van der Waals surface area contributed by atoms with Gasteiger partial charge in [-0.25, -0.2) is 0 Å². The van der Waals surface area contributed by atoms with Crippen molar-refractivity contribution in [3.05, 3.63) is 30.1 Å². The number of hydrogen-bond donors (Lipinski definition) is 2. The van der Waals surface area contributed by atoms with E-state index in [9.17, 15) is 0 Å². The lowest BCUT2D eigenvalue weighted by atomic mass is 9.75. The summed E-state index contributed by atoms with van der Waals surface area (Å²) < 4.78 is 5.41. The molecule has 4 atom stereocenters. The number of thiocarbonyl (C=S) groups is 1. The molecule has 0 aromatic carbocycles. The van der Waals surface area contributed by atoms with Gasteiger partial charge in [-0.15, -0.1) is 0 Å². The highest BCUT2D eigenvalue weighted by Crippen LogP contribution is 2.36. The molecule has 2 bridgehead atoms. The van der Waals surface area contributed by atoms with Crippen molar-refractivity contribution in [3.8, 4) is 0 Å². The second-order valence-corrected chi connectivity index (χ2v) is 10.0. The first kappa shape index (κ1) is 23.8. The lowest BCUT2D eigenvalue weighted by Crippen LogP contribution is -2.58. The summed E-state index contributed by atoms with van der Waals surface area (Å²) >= 11 is 5.53. The van der Waals surface area contributed by atoms with Crippen molar-refractivity contribution in [3.63, 3.8) is 0 Å². The number of morpholine rings is 1. The van der Waals surface area contributed by atoms with Gasteiger partial charge >= 0.3 is 0 Å². The van der Waals surface area contributed by atoms with Crippen molar-refractivity contribution >= 4 is 17.3 Å². The number of fused-ring (bicyclic) bond motifs is 3. The van der Waals surface area contributed by atoms with Gasteiger partial charge in [-0.2, -0.15) is 0 Å². The van der Waals surface area contributed by atoms with Gasteiger partial charge in [0.2, 0.25) is 0 Å². The molecule has 2 N–H and O–H groups in total. The first-order valence-electron chi connectivity index (χ1n) is 12.3. The van der Waals surface area contributed by atoms with E-state index in [0.29, 0.717) is 6.04 Å². The maximum absolute atomic E-state index is 5.53. The highest BCUT2D eigenvalue weighted by atomic mass is 32.1. The summed E-state index contributed by atoms with van der Waals surface area (Å²) in [6, 6.07) is 6.80. The van der Waals surface area contributed by atoms with Crippen LogP contribution in [-0.4, -0.2) is 110 Å². The average molecular weight is 461 g/mol. The second-order valence-electron chi connectivity index (χ2n) is 9.62. The minimum absolute atomic E-state index is 0.614. The number of ether oxygens (including phenoxy) is 1. The molecule has 1 unspecified atom stereocenters. The van der Waals surface area contributed by atoms with E-state index in [0.717, 1.165) is 75.9 Å². The summed E-state index contributed by atoms with van der Waals surface area (Å²) in [5.74, 6) is 1.62. The number of rotatable bonds is 10. The van der Waals surface area contributed by atoms with Gasteiger partial charge in [0.25, 0.3) is 0 Å². The van der Waals surface area contributed by atoms with Crippen molar-refractivity contribution in [2.24, 2.45) is 11.8 Å². The zero-order valence-electron chi connectivity index (χ0n) is 19.5. The van der Waals surface area contributed by atoms with E-state index in [4.69, 9.17) is 17.0 Å². The molecule has 0 aliphatic carbocycles. The molecule has 5 rings (SSSR count). The molecule has 0 saturated carbocycles. The van der Waals surface area contributed by atoms with Crippen LogP contribution in [0.3, 0.4) is 0 Å². The summed E-state index contributed by atoms with van der Waals surface area (Å²) in [5.41, 5.74) is 1.19. The van der Waals surface area contributed by atoms with Gasteiger partial charge in [0, 0.05) is 76.7 Å². The fourth-order valence-electron chi connectivity index (χ4n) is 5.44. The Bertz CT molecular complexity index is 701. The largest absolute Gasteiger partial charge is 0.379 e. The lowest BCUT2D eigenvalue weighted by molar-refractivity contribution is -0.00764. The number of nitrogens with zero attached hydrogens (tertiary/aromatic N) is 4. The number of hydrogen-bond acceptors (Lipinski definition) is 6. The monoisotopic (exact) mass is 460 g/mol. The molecule has 0 amide bonds. The Morgan fingerprint density at radius 3 is 2.88 bits per heavy atom. The standard InChI is InChI=1S/C24H40N6OS/c1-28(9-6-22-4-2-3-7-25-22)18-21-19-30-10-5-20(21)16-23(30)17-27-24(32)26-8-11-29-12-14-31-15-13-29/h2-4,7,20-21,23H,5-6,8-19H2,1H3,(H2,26,27,32)/t20-,21+,23+/m0/s1. The molecule has 8 heteroatoms. The third-order valence-electron chi connectivity index (χ3n) is 7.35. The van der Waals surface area contributed by atoms with E-state index in [2.05, 4.69) is 49.5 Å². The van der Waals surface area contributed by atoms with E-state index in [-0.39, 0.29) is 0 Å². The number of piperidine rings is 3. The summed E-state index contributed by atoms with van der Waals surface area (Å²) in [4.78, 5) is 12.1. The molecule has 4 saturated heterocycles. The Morgan fingerprint density at radius 1 is 1.25 bits per heavy atom. The van der Waals surface area contributed by atoms with E-state index < -0.39 is 0 Å². The molecular formula is C24H40N6OS.